The number of hydrogen-bond donors (Lipinski definition) is 0. The molecule has 40 heavy (non-hydrogen) atoms. The first-order chi connectivity index (χ1) is 19.2. The Morgan fingerprint density at radius 2 is 1.80 bits per heavy atom. The molecule has 1 amide bonds. The van der Waals surface area contributed by atoms with Crippen LogP contribution in [0.4, 0.5) is 16.2 Å². The molecule has 0 N–H and O–H groups in total. The van der Waals surface area contributed by atoms with Gasteiger partial charge in [0, 0.05) is 61.2 Å². The fraction of sp³-hybridized carbons (Fsp3) is 0.406. The third-order valence-electron chi connectivity index (χ3n) is 7.67. The Hall–Kier alpha value is -3.65. The molecule has 0 radical (unpaired) electrons. The normalized spacial score (nSPS) is 18.0. The number of nitrogens with zero attached hydrogens (tertiary/aromatic N) is 5. The Kier molecular flexibility index (Phi) is 7.13. The Labute approximate surface area is 240 Å². The van der Waals surface area contributed by atoms with Crippen molar-refractivity contribution in [2.75, 3.05) is 42.5 Å². The summed E-state index contributed by atoms with van der Waals surface area (Å²) in [7, 11) is 0. The highest BCUT2D eigenvalue weighted by molar-refractivity contribution is 7.19. The largest absolute Gasteiger partial charge is 0.444 e. The maximum Gasteiger partial charge on any atom is 0.410 e. The fourth-order valence-electron chi connectivity index (χ4n) is 5.78. The van der Waals surface area contributed by atoms with Gasteiger partial charge < -0.3 is 19.4 Å². The minimum atomic E-state index is -0.475. The molecule has 4 aromatic rings. The smallest absolute Gasteiger partial charge is 0.410 e. The summed E-state index contributed by atoms with van der Waals surface area (Å²) in [5.74, 6) is 0. The van der Waals surface area contributed by atoms with Crippen LogP contribution >= 0.6 is 11.3 Å². The van der Waals surface area contributed by atoms with Crippen LogP contribution < -0.4 is 9.80 Å². The number of piperazine rings is 1. The zero-order valence-electron chi connectivity index (χ0n) is 23.8. The van der Waals surface area contributed by atoms with Crippen molar-refractivity contribution in [3.63, 3.8) is 0 Å². The van der Waals surface area contributed by atoms with E-state index in [0.717, 1.165) is 48.5 Å². The first-order valence-electron chi connectivity index (χ1n) is 14.2. The lowest BCUT2D eigenvalue weighted by atomic mass is 10.1. The van der Waals surface area contributed by atoms with Gasteiger partial charge in [-0.05, 0) is 76.4 Å². The minimum Gasteiger partial charge on any atom is -0.444 e. The van der Waals surface area contributed by atoms with Gasteiger partial charge >= 0.3 is 6.09 Å². The summed E-state index contributed by atoms with van der Waals surface area (Å²) >= 11 is 1.83. The monoisotopic (exact) mass is 555 g/mol. The van der Waals surface area contributed by atoms with Crippen LogP contribution in [0.15, 0.2) is 60.9 Å². The fourth-order valence-corrected chi connectivity index (χ4v) is 6.76. The Bertz CT molecular complexity index is 1490. The van der Waals surface area contributed by atoms with E-state index in [1.165, 1.54) is 27.2 Å². The Morgan fingerprint density at radius 3 is 2.50 bits per heavy atom. The second-order valence-corrected chi connectivity index (χ2v) is 13.0. The number of aromatic nitrogens is 2. The summed E-state index contributed by atoms with van der Waals surface area (Å²) in [6, 6.07) is 17.8. The maximum absolute atomic E-state index is 12.4. The van der Waals surface area contributed by atoms with Gasteiger partial charge in [-0.25, -0.2) is 9.78 Å². The van der Waals surface area contributed by atoms with Crippen LogP contribution in [0.2, 0.25) is 0 Å². The van der Waals surface area contributed by atoms with E-state index >= 15 is 0 Å². The van der Waals surface area contributed by atoms with E-state index in [4.69, 9.17) is 9.72 Å². The highest BCUT2D eigenvalue weighted by atomic mass is 32.1. The van der Waals surface area contributed by atoms with Crippen molar-refractivity contribution in [1.29, 1.82) is 0 Å². The third kappa shape index (κ3) is 5.50. The molecule has 2 saturated heterocycles. The van der Waals surface area contributed by atoms with Crippen LogP contribution in [0, 0.1) is 6.92 Å². The molecule has 2 aliphatic rings. The standard InChI is InChI=1S/C32H37N5O2S/c1-22-19-27-30(40-22)29(37-14-6-8-28(37)24-7-5-13-33-21-24)20-26(34-27)23-9-11-25(12-10-23)35-15-17-36(18-16-35)31(38)39-32(2,3)4/h5,7,9-13,19-21,28H,6,8,14-18H2,1-4H3. The van der Waals surface area contributed by atoms with Crippen molar-refractivity contribution in [1.82, 2.24) is 14.9 Å². The molecule has 3 aromatic heterocycles. The van der Waals surface area contributed by atoms with Crippen LogP contribution in [0.5, 0.6) is 0 Å². The molecule has 2 aliphatic heterocycles. The van der Waals surface area contributed by atoms with E-state index in [1.807, 2.05) is 50.6 Å². The molecule has 1 atom stereocenters. The summed E-state index contributed by atoms with van der Waals surface area (Å²) in [5, 5.41) is 0. The van der Waals surface area contributed by atoms with Gasteiger partial charge in [0.1, 0.15) is 5.60 Å². The van der Waals surface area contributed by atoms with Gasteiger partial charge in [0.05, 0.1) is 27.6 Å². The zero-order chi connectivity index (χ0) is 27.9. The molecule has 0 bridgehead atoms. The van der Waals surface area contributed by atoms with Crippen LogP contribution in [-0.2, 0) is 4.74 Å². The lowest BCUT2D eigenvalue weighted by molar-refractivity contribution is 0.0240. The van der Waals surface area contributed by atoms with E-state index < -0.39 is 5.60 Å². The topological polar surface area (TPSA) is 61.8 Å². The van der Waals surface area contributed by atoms with Crippen molar-refractivity contribution >= 4 is 39.0 Å². The average molecular weight is 556 g/mol. The molecule has 6 rings (SSSR count). The van der Waals surface area contributed by atoms with E-state index in [9.17, 15) is 4.79 Å². The molecular weight excluding hydrogens is 518 g/mol. The first-order valence-corrected chi connectivity index (χ1v) is 15.0. The summed E-state index contributed by atoms with van der Waals surface area (Å²) in [4.78, 5) is 29.9. The van der Waals surface area contributed by atoms with Gasteiger partial charge in [-0.1, -0.05) is 18.2 Å². The molecule has 0 aliphatic carbocycles. The molecule has 1 unspecified atom stereocenters. The molecule has 1 aromatic carbocycles. The van der Waals surface area contributed by atoms with E-state index in [-0.39, 0.29) is 6.09 Å². The predicted octanol–water partition coefficient (Wildman–Crippen LogP) is 7.07. The zero-order valence-corrected chi connectivity index (χ0v) is 24.6. The van der Waals surface area contributed by atoms with E-state index in [2.05, 4.69) is 64.2 Å². The van der Waals surface area contributed by atoms with E-state index in [1.54, 1.807) is 4.90 Å². The molecule has 0 spiro atoms. The highest BCUT2D eigenvalue weighted by Gasteiger charge is 2.29. The van der Waals surface area contributed by atoms with Crippen molar-refractivity contribution < 1.29 is 9.53 Å². The molecule has 2 fully saturated rings. The number of aryl methyl sites for hydroxylation is 1. The number of carbonyl (C=O) groups is 1. The average Bonchev–Trinajstić information content (AvgIpc) is 3.58. The summed E-state index contributed by atoms with van der Waals surface area (Å²) < 4.78 is 6.81. The number of hydrogen-bond acceptors (Lipinski definition) is 7. The number of amides is 1. The highest BCUT2D eigenvalue weighted by Crippen LogP contribution is 2.43. The van der Waals surface area contributed by atoms with Crippen molar-refractivity contribution in [2.24, 2.45) is 0 Å². The Morgan fingerprint density at radius 1 is 1.02 bits per heavy atom. The number of carbonyl (C=O) groups excluding carboxylic acids is 1. The lowest BCUT2D eigenvalue weighted by Gasteiger charge is -2.36. The van der Waals surface area contributed by atoms with Gasteiger partial charge in [0.15, 0.2) is 0 Å². The van der Waals surface area contributed by atoms with Gasteiger partial charge in [0.25, 0.3) is 0 Å². The van der Waals surface area contributed by atoms with Gasteiger partial charge in [0.2, 0.25) is 0 Å². The molecule has 5 heterocycles. The number of pyridine rings is 2. The molecule has 208 valence electrons. The van der Waals surface area contributed by atoms with Crippen LogP contribution in [0.3, 0.4) is 0 Å². The van der Waals surface area contributed by atoms with Crippen molar-refractivity contribution in [3.05, 3.63) is 71.4 Å². The second kappa shape index (κ2) is 10.7. The molecular formula is C32H37N5O2S. The first kappa shape index (κ1) is 26.6. The van der Waals surface area contributed by atoms with Crippen LogP contribution in [-0.4, -0.2) is 59.3 Å². The Balaban J connectivity index is 1.23. The number of anilines is 2. The quantitative estimate of drug-likeness (QED) is 0.269. The number of ether oxygens (including phenoxy) is 1. The molecule has 0 saturated carbocycles. The predicted molar refractivity (Wildman–Crippen MR) is 163 cm³/mol. The summed E-state index contributed by atoms with van der Waals surface area (Å²) in [5.41, 5.74) is 6.41. The number of benzene rings is 1. The summed E-state index contributed by atoms with van der Waals surface area (Å²) in [6.07, 6.45) is 5.92. The van der Waals surface area contributed by atoms with Crippen molar-refractivity contribution in [2.45, 2.75) is 52.2 Å². The van der Waals surface area contributed by atoms with Crippen LogP contribution in [0.1, 0.15) is 50.1 Å². The number of thiophene rings is 1. The third-order valence-corrected chi connectivity index (χ3v) is 8.74. The number of rotatable bonds is 4. The summed E-state index contributed by atoms with van der Waals surface area (Å²) in [6.45, 7) is 11.8. The minimum absolute atomic E-state index is 0.229. The molecule has 8 heteroatoms. The molecule has 7 nitrogen and oxygen atoms in total. The van der Waals surface area contributed by atoms with Gasteiger partial charge in [-0.2, -0.15) is 0 Å². The number of fused-ring (bicyclic) bond motifs is 1. The lowest BCUT2D eigenvalue weighted by Crippen LogP contribution is -2.50. The SMILES string of the molecule is Cc1cc2nc(-c3ccc(N4CCN(C(=O)OC(C)(C)C)CC4)cc3)cc(N3CCCC3c3cccnc3)c2s1. The van der Waals surface area contributed by atoms with Crippen LogP contribution in [0.25, 0.3) is 21.5 Å². The van der Waals surface area contributed by atoms with E-state index in [0.29, 0.717) is 19.1 Å². The van der Waals surface area contributed by atoms with Gasteiger partial charge in [-0.3, -0.25) is 4.98 Å². The maximum atomic E-state index is 12.4. The second-order valence-electron chi connectivity index (χ2n) is 11.7. The van der Waals surface area contributed by atoms with Gasteiger partial charge in [-0.15, -0.1) is 11.3 Å². The van der Waals surface area contributed by atoms with Crippen molar-refractivity contribution in [3.8, 4) is 11.3 Å².